The Hall–Kier alpha value is -2.83. The maximum absolute atomic E-state index is 12.7. The molecule has 0 bridgehead atoms. The van der Waals surface area contributed by atoms with Crippen LogP contribution in [0.15, 0.2) is 89.8 Å². The molecule has 0 aliphatic heterocycles. The summed E-state index contributed by atoms with van der Waals surface area (Å²) in [4.78, 5) is 2.33. The lowest BCUT2D eigenvalue weighted by atomic mass is 10.1. The second kappa shape index (κ2) is 9.58. The molecule has 3 aromatic carbocycles. The summed E-state index contributed by atoms with van der Waals surface area (Å²) in [6.07, 6.45) is 0. The van der Waals surface area contributed by atoms with Gasteiger partial charge in [0.05, 0.1) is 17.5 Å². The fraction of sp³-hybridized carbons (Fsp3) is 0.217. The van der Waals surface area contributed by atoms with Crippen LogP contribution in [-0.4, -0.2) is 28.6 Å². The van der Waals surface area contributed by atoms with E-state index in [2.05, 4.69) is 9.62 Å². The predicted octanol–water partition coefficient (Wildman–Crippen LogP) is 4.24. The maximum atomic E-state index is 12.7. The molecule has 0 spiro atoms. The molecular formula is C23H26N2O3S. The van der Waals surface area contributed by atoms with Gasteiger partial charge >= 0.3 is 0 Å². The molecule has 29 heavy (non-hydrogen) atoms. The zero-order valence-corrected chi connectivity index (χ0v) is 17.5. The highest BCUT2D eigenvalue weighted by Gasteiger charge is 2.21. The van der Waals surface area contributed by atoms with Gasteiger partial charge in [0.2, 0.25) is 10.0 Å². The number of hydrogen-bond acceptors (Lipinski definition) is 4. The van der Waals surface area contributed by atoms with Crippen molar-refractivity contribution in [3.8, 4) is 5.75 Å². The number of sulfonamides is 1. The molecule has 0 amide bonds. The molecule has 6 heteroatoms. The third kappa shape index (κ3) is 5.37. The van der Waals surface area contributed by atoms with Gasteiger partial charge in [0.15, 0.2) is 0 Å². The highest BCUT2D eigenvalue weighted by atomic mass is 32.2. The topological polar surface area (TPSA) is 58.6 Å². The molecular weight excluding hydrogens is 384 g/mol. The molecule has 0 aliphatic carbocycles. The summed E-state index contributed by atoms with van der Waals surface area (Å²) in [5.74, 6) is 0.811. The molecule has 0 heterocycles. The molecule has 0 radical (unpaired) electrons. The minimum Gasteiger partial charge on any atom is -0.494 e. The van der Waals surface area contributed by atoms with Crippen molar-refractivity contribution in [2.75, 3.05) is 25.1 Å². The Morgan fingerprint density at radius 1 is 0.897 bits per heavy atom. The van der Waals surface area contributed by atoms with Crippen molar-refractivity contribution in [1.29, 1.82) is 0 Å². The van der Waals surface area contributed by atoms with Crippen LogP contribution in [0.3, 0.4) is 0 Å². The largest absolute Gasteiger partial charge is 0.494 e. The number of likely N-dealkylation sites (N-methyl/N-ethyl adjacent to an activating group) is 1. The van der Waals surface area contributed by atoms with Gasteiger partial charge < -0.3 is 9.64 Å². The SMILES string of the molecule is CCOc1ccc(N(C)[C@@H](CNS(=O)(=O)c2ccccc2)c2ccccc2)cc1. The zero-order valence-electron chi connectivity index (χ0n) is 16.7. The molecule has 3 aromatic rings. The average molecular weight is 411 g/mol. The van der Waals surface area contributed by atoms with Gasteiger partial charge in [-0.25, -0.2) is 13.1 Å². The van der Waals surface area contributed by atoms with E-state index in [1.54, 1.807) is 30.3 Å². The van der Waals surface area contributed by atoms with Crippen molar-refractivity contribution >= 4 is 15.7 Å². The van der Waals surface area contributed by atoms with Crippen LogP contribution in [0.25, 0.3) is 0 Å². The van der Waals surface area contributed by atoms with Crippen LogP contribution in [0, 0.1) is 0 Å². The first-order valence-electron chi connectivity index (χ1n) is 9.56. The van der Waals surface area contributed by atoms with Crippen LogP contribution in [0.5, 0.6) is 5.75 Å². The molecule has 3 rings (SSSR count). The lowest BCUT2D eigenvalue weighted by molar-refractivity contribution is 0.340. The van der Waals surface area contributed by atoms with Crippen LogP contribution >= 0.6 is 0 Å². The molecule has 152 valence electrons. The predicted molar refractivity (Wildman–Crippen MR) is 117 cm³/mol. The van der Waals surface area contributed by atoms with Crippen LogP contribution in [0.1, 0.15) is 18.5 Å². The van der Waals surface area contributed by atoms with Crippen molar-refractivity contribution in [1.82, 2.24) is 4.72 Å². The zero-order chi connectivity index (χ0) is 20.7. The van der Waals surface area contributed by atoms with E-state index in [0.29, 0.717) is 6.61 Å². The van der Waals surface area contributed by atoms with Crippen LogP contribution < -0.4 is 14.4 Å². The summed E-state index contributed by atoms with van der Waals surface area (Å²) < 4.78 is 33.7. The van der Waals surface area contributed by atoms with E-state index in [0.717, 1.165) is 17.0 Å². The Morgan fingerprint density at radius 2 is 1.48 bits per heavy atom. The van der Waals surface area contributed by atoms with Crippen molar-refractivity contribution in [3.63, 3.8) is 0 Å². The number of ether oxygens (including phenoxy) is 1. The molecule has 1 atom stereocenters. The van der Waals surface area contributed by atoms with Gasteiger partial charge in [0.1, 0.15) is 5.75 Å². The standard InChI is InChI=1S/C23H26N2O3S/c1-3-28-21-16-14-20(15-17-21)25(2)23(19-10-6-4-7-11-19)18-24-29(26,27)22-12-8-5-9-13-22/h4-17,23-24H,3,18H2,1-2H3/t23-/m0/s1. The minimum atomic E-state index is -3.59. The number of benzene rings is 3. The van der Waals surface area contributed by atoms with E-state index in [1.165, 1.54) is 0 Å². The van der Waals surface area contributed by atoms with E-state index in [1.807, 2.05) is 68.6 Å². The molecule has 0 saturated heterocycles. The fourth-order valence-electron chi connectivity index (χ4n) is 3.15. The number of nitrogens with one attached hydrogen (secondary N) is 1. The molecule has 0 unspecified atom stereocenters. The normalized spacial score (nSPS) is 12.3. The summed E-state index contributed by atoms with van der Waals surface area (Å²) in [7, 11) is -1.63. The number of anilines is 1. The molecule has 0 aliphatic rings. The van der Waals surface area contributed by atoms with Crippen LogP contribution in [-0.2, 0) is 10.0 Å². The van der Waals surface area contributed by atoms with E-state index in [9.17, 15) is 8.42 Å². The Labute approximate surface area is 173 Å². The minimum absolute atomic E-state index is 0.173. The van der Waals surface area contributed by atoms with Gasteiger partial charge in [0.25, 0.3) is 0 Å². The van der Waals surface area contributed by atoms with Gasteiger partial charge in [-0.05, 0) is 48.9 Å². The third-order valence-corrected chi connectivity index (χ3v) is 6.17. The van der Waals surface area contributed by atoms with E-state index in [-0.39, 0.29) is 17.5 Å². The van der Waals surface area contributed by atoms with Crippen molar-refractivity contribution in [2.24, 2.45) is 0 Å². The molecule has 0 saturated carbocycles. The Bertz CT molecular complexity index is 991. The van der Waals surface area contributed by atoms with Crippen molar-refractivity contribution in [3.05, 3.63) is 90.5 Å². The summed E-state index contributed by atoms with van der Waals surface area (Å²) in [6.45, 7) is 2.80. The first-order chi connectivity index (χ1) is 14.0. The Kier molecular flexibility index (Phi) is 6.90. The fourth-order valence-corrected chi connectivity index (χ4v) is 4.21. The maximum Gasteiger partial charge on any atom is 0.240 e. The summed E-state index contributed by atoms with van der Waals surface area (Å²) in [5, 5.41) is 0. The monoisotopic (exact) mass is 410 g/mol. The number of hydrogen-bond donors (Lipinski definition) is 1. The smallest absolute Gasteiger partial charge is 0.240 e. The van der Waals surface area contributed by atoms with Crippen LogP contribution in [0.2, 0.25) is 0 Å². The summed E-state index contributed by atoms with van der Waals surface area (Å²) in [5.41, 5.74) is 2.00. The highest BCUT2D eigenvalue weighted by Crippen LogP contribution is 2.27. The molecule has 5 nitrogen and oxygen atoms in total. The van der Waals surface area contributed by atoms with Gasteiger partial charge in [-0.15, -0.1) is 0 Å². The quantitative estimate of drug-likeness (QED) is 0.573. The van der Waals surface area contributed by atoms with Gasteiger partial charge in [-0.3, -0.25) is 0 Å². The first-order valence-corrected chi connectivity index (χ1v) is 11.0. The molecule has 0 fully saturated rings. The van der Waals surface area contributed by atoms with E-state index >= 15 is 0 Å². The average Bonchev–Trinajstić information content (AvgIpc) is 2.76. The highest BCUT2D eigenvalue weighted by molar-refractivity contribution is 7.89. The Balaban J connectivity index is 1.83. The van der Waals surface area contributed by atoms with Gasteiger partial charge in [-0.2, -0.15) is 0 Å². The van der Waals surface area contributed by atoms with E-state index < -0.39 is 10.0 Å². The van der Waals surface area contributed by atoms with Crippen LogP contribution in [0.4, 0.5) is 5.69 Å². The van der Waals surface area contributed by atoms with Gasteiger partial charge in [0, 0.05) is 19.3 Å². The molecule has 1 N–H and O–H groups in total. The number of nitrogens with zero attached hydrogens (tertiary/aromatic N) is 1. The summed E-state index contributed by atoms with van der Waals surface area (Å²) in [6, 6.07) is 25.9. The van der Waals surface area contributed by atoms with Crippen molar-refractivity contribution < 1.29 is 13.2 Å². The second-order valence-electron chi connectivity index (χ2n) is 6.63. The third-order valence-electron chi connectivity index (χ3n) is 4.73. The number of rotatable bonds is 9. The Morgan fingerprint density at radius 3 is 2.07 bits per heavy atom. The lowest BCUT2D eigenvalue weighted by Crippen LogP contribution is -2.36. The van der Waals surface area contributed by atoms with Crippen molar-refractivity contribution in [2.45, 2.75) is 17.9 Å². The molecule has 0 aromatic heterocycles. The summed E-state index contributed by atoms with van der Waals surface area (Å²) >= 11 is 0. The first kappa shape index (κ1) is 20.9. The lowest BCUT2D eigenvalue weighted by Gasteiger charge is -2.31. The van der Waals surface area contributed by atoms with Gasteiger partial charge in [-0.1, -0.05) is 48.5 Å². The second-order valence-corrected chi connectivity index (χ2v) is 8.40. The van der Waals surface area contributed by atoms with E-state index in [4.69, 9.17) is 4.74 Å².